The highest BCUT2D eigenvalue weighted by molar-refractivity contribution is 6.31. The summed E-state index contributed by atoms with van der Waals surface area (Å²) in [7, 11) is 0. The van der Waals surface area contributed by atoms with Crippen molar-refractivity contribution in [3.05, 3.63) is 58.7 Å². The van der Waals surface area contributed by atoms with E-state index in [1.807, 2.05) is 29.7 Å². The molecular weight excluding hydrogens is 274 g/mol. The van der Waals surface area contributed by atoms with E-state index in [0.717, 1.165) is 28.6 Å². The maximum atomic E-state index is 11.4. The van der Waals surface area contributed by atoms with Gasteiger partial charge >= 0.3 is 0 Å². The molecule has 1 aromatic heterocycles. The van der Waals surface area contributed by atoms with Gasteiger partial charge in [-0.1, -0.05) is 11.6 Å². The zero-order valence-corrected chi connectivity index (χ0v) is 11.6. The van der Waals surface area contributed by atoms with Crippen molar-refractivity contribution in [2.24, 2.45) is 0 Å². The van der Waals surface area contributed by atoms with Gasteiger partial charge in [-0.3, -0.25) is 4.79 Å². The van der Waals surface area contributed by atoms with Crippen molar-refractivity contribution in [2.75, 3.05) is 0 Å². The van der Waals surface area contributed by atoms with Crippen LogP contribution in [0.25, 0.3) is 16.6 Å². The van der Waals surface area contributed by atoms with E-state index in [2.05, 4.69) is 0 Å². The Kier molecular flexibility index (Phi) is 2.99. The molecule has 0 saturated carbocycles. The summed E-state index contributed by atoms with van der Waals surface area (Å²) >= 11 is 6.02. The van der Waals surface area contributed by atoms with E-state index in [0.29, 0.717) is 10.6 Å². The van der Waals surface area contributed by atoms with Gasteiger partial charge in [-0.25, -0.2) is 0 Å². The zero-order chi connectivity index (χ0) is 14.3. The summed E-state index contributed by atoms with van der Waals surface area (Å²) in [5.41, 5.74) is 3.29. The minimum absolute atomic E-state index is 0.210. The number of rotatable bonds is 2. The standard InChI is InChI=1S/C16H12ClNO2/c1-10-15(9-19)14-8-11(17)2-7-16(14)18(10)12-3-5-13(20)6-4-12/h2-9,20H,1H3. The van der Waals surface area contributed by atoms with Crippen molar-refractivity contribution < 1.29 is 9.90 Å². The number of aromatic nitrogens is 1. The third-order valence-electron chi connectivity index (χ3n) is 3.44. The van der Waals surface area contributed by atoms with Crippen LogP contribution in [0.15, 0.2) is 42.5 Å². The Morgan fingerprint density at radius 3 is 2.50 bits per heavy atom. The first-order chi connectivity index (χ1) is 9.61. The largest absolute Gasteiger partial charge is 0.508 e. The quantitative estimate of drug-likeness (QED) is 0.720. The molecule has 0 fully saturated rings. The lowest BCUT2D eigenvalue weighted by molar-refractivity contribution is 0.112. The van der Waals surface area contributed by atoms with E-state index in [1.54, 1.807) is 24.3 Å². The molecule has 2 aromatic carbocycles. The van der Waals surface area contributed by atoms with Gasteiger partial charge < -0.3 is 9.67 Å². The molecule has 0 spiro atoms. The molecule has 0 bridgehead atoms. The molecule has 3 nitrogen and oxygen atoms in total. The smallest absolute Gasteiger partial charge is 0.152 e. The second kappa shape index (κ2) is 4.69. The van der Waals surface area contributed by atoms with Crippen LogP contribution in [0.1, 0.15) is 16.1 Å². The normalized spacial score (nSPS) is 10.9. The number of phenols is 1. The maximum absolute atomic E-state index is 11.4. The average Bonchev–Trinajstić information content (AvgIpc) is 2.71. The van der Waals surface area contributed by atoms with Gasteiger partial charge in [0.1, 0.15) is 5.75 Å². The first kappa shape index (κ1) is 12.8. The monoisotopic (exact) mass is 285 g/mol. The number of aldehydes is 1. The van der Waals surface area contributed by atoms with Gasteiger partial charge in [0, 0.05) is 27.4 Å². The fraction of sp³-hybridized carbons (Fsp3) is 0.0625. The van der Waals surface area contributed by atoms with E-state index >= 15 is 0 Å². The van der Waals surface area contributed by atoms with E-state index in [-0.39, 0.29) is 5.75 Å². The SMILES string of the molecule is Cc1c(C=O)c2cc(Cl)ccc2n1-c1ccc(O)cc1. The average molecular weight is 286 g/mol. The highest BCUT2D eigenvalue weighted by Gasteiger charge is 2.15. The first-order valence-corrected chi connectivity index (χ1v) is 6.55. The Labute approximate surface area is 121 Å². The van der Waals surface area contributed by atoms with Crippen LogP contribution in [0.3, 0.4) is 0 Å². The van der Waals surface area contributed by atoms with Gasteiger partial charge in [-0.05, 0) is 49.4 Å². The number of fused-ring (bicyclic) bond motifs is 1. The third-order valence-corrected chi connectivity index (χ3v) is 3.68. The molecule has 3 aromatic rings. The number of benzene rings is 2. The number of phenolic OH excluding ortho intramolecular Hbond substituents is 1. The van der Waals surface area contributed by atoms with Crippen LogP contribution in [0.2, 0.25) is 5.02 Å². The van der Waals surface area contributed by atoms with Crippen LogP contribution in [0, 0.1) is 6.92 Å². The lowest BCUT2D eigenvalue weighted by atomic mass is 10.1. The van der Waals surface area contributed by atoms with Crippen LogP contribution < -0.4 is 0 Å². The number of aromatic hydroxyl groups is 1. The molecule has 3 rings (SSSR count). The van der Waals surface area contributed by atoms with Gasteiger partial charge in [-0.15, -0.1) is 0 Å². The Morgan fingerprint density at radius 2 is 1.85 bits per heavy atom. The molecule has 0 saturated heterocycles. The molecule has 0 atom stereocenters. The molecule has 0 aliphatic carbocycles. The molecule has 100 valence electrons. The lowest BCUT2D eigenvalue weighted by Gasteiger charge is -2.08. The summed E-state index contributed by atoms with van der Waals surface area (Å²) < 4.78 is 1.98. The highest BCUT2D eigenvalue weighted by Crippen LogP contribution is 2.30. The van der Waals surface area contributed by atoms with E-state index in [9.17, 15) is 9.90 Å². The van der Waals surface area contributed by atoms with E-state index < -0.39 is 0 Å². The molecule has 0 radical (unpaired) electrons. The van der Waals surface area contributed by atoms with Gasteiger partial charge in [0.15, 0.2) is 6.29 Å². The predicted molar refractivity (Wildman–Crippen MR) is 80.1 cm³/mol. The molecule has 20 heavy (non-hydrogen) atoms. The summed E-state index contributed by atoms with van der Waals surface area (Å²) in [4.78, 5) is 11.4. The fourth-order valence-corrected chi connectivity index (χ4v) is 2.67. The Balaban J connectivity index is 2.38. The first-order valence-electron chi connectivity index (χ1n) is 6.17. The van der Waals surface area contributed by atoms with Crippen molar-refractivity contribution in [3.8, 4) is 11.4 Å². The molecule has 0 unspecified atom stereocenters. The number of carbonyl (C=O) groups is 1. The number of hydrogen-bond acceptors (Lipinski definition) is 2. The van der Waals surface area contributed by atoms with Crippen molar-refractivity contribution in [1.82, 2.24) is 4.57 Å². The molecular formula is C16H12ClNO2. The summed E-state index contributed by atoms with van der Waals surface area (Å²) in [5, 5.41) is 10.8. The van der Waals surface area contributed by atoms with Crippen molar-refractivity contribution in [2.45, 2.75) is 6.92 Å². The Hall–Kier alpha value is -2.26. The van der Waals surface area contributed by atoms with Crippen molar-refractivity contribution >= 4 is 28.8 Å². The molecule has 0 aliphatic heterocycles. The van der Waals surface area contributed by atoms with Crippen molar-refractivity contribution in [3.63, 3.8) is 0 Å². The van der Waals surface area contributed by atoms with Crippen LogP contribution in [0.4, 0.5) is 0 Å². The summed E-state index contributed by atoms with van der Waals surface area (Å²) in [6.07, 6.45) is 0.852. The van der Waals surface area contributed by atoms with E-state index in [1.165, 1.54) is 0 Å². The summed E-state index contributed by atoms with van der Waals surface area (Å²) in [6, 6.07) is 12.4. The number of halogens is 1. The fourth-order valence-electron chi connectivity index (χ4n) is 2.50. The third kappa shape index (κ3) is 1.87. The van der Waals surface area contributed by atoms with Gasteiger partial charge in [0.25, 0.3) is 0 Å². The number of hydrogen-bond donors (Lipinski definition) is 1. The minimum Gasteiger partial charge on any atom is -0.508 e. The molecule has 1 heterocycles. The van der Waals surface area contributed by atoms with E-state index in [4.69, 9.17) is 11.6 Å². The molecule has 0 amide bonds. The number of nitrogens with zero attached hydrogens (tertiary/aromatic N) is 1. The highest BCUT2D eigenvalue weighted by atomic mass is 35.5. The van der Waals surface area contributed by atoms with Crippen LogP contribution in [0.5, 0.6) is 5.75 Å². The number of carbonyl (C=O) groups excluding carboxylic acids is 1. The van der Waals surface area contributed by atoms with Crippen molar-refractivity contribution in [1.29, 1.82) is 0 Å². The Bertz CT molecular complexity index is 803. The zero-order valence-electron chi connectivity index (χ0n) is 10.8. The minimum atomic E-state index is 0.210. The van der Waals surface area contributed by atoms with Crippen LogP contribution >= 0.6 is 11.6 Å². The van der Waals surface area contributed by atoms with Gasteiger partial charge in [0.05, 0.1) is 5.52 Å². The Morgan fingerprint density at radius 1 is 1.15 bits per heavy atom. The molecule has 4 heteroatoms. The second-order valence-corrected chi connectivity index (χ2v) is 5.07. The van der Waals surface area contributed by atoms with Crippen LogP contribution in [-0.4, -0.2) is 16.0 Å². The second-order valence-electron chi connectivity index (χ2n) is 4.63. The van der Waals surface area contributed by atoms with Gasteiger partial charge in [0.2, 0.25) is 0 Å². The summed E-state index contributed by atoms with van der Waals surface area (Å²) in [5.74, 6) is 0.210. The lowest BCUT2D eigenvalue weighted by Crippen LogP contribution is -1.96. The summed E-state index contributed by atoms with van der Waals surface area (Å²) in [6.45, 7) is 1.89. The molecule has 1 N–H and O–H groups in total. The molecule has 0 aliphatic rings. The maximum Gasteiger partial charge on any atom is 0.152 e. The topological polar surface area (TPSA) is 42.2 Å². The predicted octanol–water partition coefficient (Wildman–Crippen LogP) is 4.11. The van der Waals surface area contributed by atoms with Crippen LogP contribution in [-0.2, 0) is 0 Å². The van der Waals surface area contributed by atoms with Gasteiger partial charge in [-0.2, -0.15) is 0 Å².